The van der Waals surface area contributed by atoms with Crippen molar-refractivity contribution >= 4 is 40.6 Å². The normalized spacial score (nSPS) is 16.1. The third kappa shape index (κ3) is 4.75. The Hall–Kier alpha value is -1.88. The van der Waals surface area contributed by atoms with E-state index in [1.807, 2.05) is 13.0 Å². The lowest BCUT2D eigenvalue weighted by Gasteiger charge is -2.35. The van der Waals surface area contributed by atoms with Crippen molar-refractivity contribution in [3.63, 3.8) is 0 Å². The van der Waals surface area contributed by atoms with Crippen LogP contribution in [0.4, 0.5) is 11.4 Å². The summed E-state index contributed by atoms with van der Waals surface area (Å²) >= 11 is 2.77. The summed E-state index contributed by atoms with van der Waals surface area (Å²) in [6.45, 7) is 7.58. The van der Waals surface area contributed by atoms with E-state index in [2.05, 4.69) is 26.5 Å². The van der Waals surface area contributed by atoms with E-state index in [0.717, 1.165) is 52.5 Å². The zero-order valence-corrected chi connectivity index (χ0v) is 18.2. The summed E-state index contributed by atoms with van der Waals surface area (Å²) in [6, 6.07) is 1.36. The van der Waals surface area contributed by atoms with Crippen LogP contribution >= 0.6 is 23.3 Å². The Labute approximate surface area is 173 Å². The van der Waals surface area contributed by atoms with Crippen molar-refractivity contribution in [2.75, 3.05) is 50.6 Å². The molecule has 28 heavy (non-hydrogen) atoms. The van der Waals surface area contributed by atoms with E-state index in [1.165, 1.54) is 23.3 Å². The number of nitrogens with one attached hydrogen (secondary N) is 1. The first-order valence-electron chi connectivity index (χ1n) is 9.07. The molecule has 0 aliphatic carbocycles. The van der Waals surface area contributed by atoms with Crippen LogP contribution in [0, 0.1) is 6.92 Å². The van der Waals surface area contributed by atoms with Crippen LogP contribution in [0.3, 0.4) is 0 Å². The number of nitrogens with two attached hydrogens (primary N) is 1. The molecule has 10 heteroatoms. The summed E-state index contributed by atoms with van der Waals surface area (Å²) in [7, 11) is 3.82. The number of anilines is 2. The van der Waals surface area contributed by atoms with Crippen LogP contribution < -0.4 is 20.7 Å². The average Bonchev–Trinajstić information content (AvgIpc) is 3.08. The first-order valence-corrected chi connectivity index (χ1v) is 10.7. The average molecular weight is 423 g/mol. The Kier molecular flexibility index (Phi) is 6.76. The predicted molar refractivity (Wildman–Crippen MR) is 114 cm³/mol. The molecular formula is C18H26N6O2S2. The molecular weight excluding hydrogens is 396 g/mol. The number of methoxy groups -OCH3 is 1. The number of aromatic nitrogens is 2. The van der Waals surface area contributed by atoms with E-state index in [1.54, 1.807) is 20.2 Å². The zero-order chi connectivity index (χ0) is 20.3. The van der Waals surface area contributed by atoms with Gasteiger partial charge in [0.05, 0.1) is 30.7 Å². The number of aryl methyl sites for hydroxylation is 1. The van der Waals surface area contributed by atoms with E-state index in [-0.39, 0.29) is 5.91 Å². The highest BCUT2D eigenvalue weighted by Crippen LogP contribution is 2.40. The van der Waals surface area contributed by atoms with Crippen molar-refractivity contribution in [3.05, 3.63) is 18.0 Å². The summed E-state index contributed by atoms with van der Waals surface area (Å²) in [5.74, 6) is 0.569. The lowest BCUT2D eigenvalue weighted by atomic mass is 10.2. The van der Waals surface area contributed by atoms with Gasteiger partial charge in [-0.15, -0.1) is 0 Å². The molecule has 0 aromatic carbocycles. The van der Waals surface area contributed by atoms with Crippen LogP contribution in [0.25, 0.3) is 0 Å². The van der Waals surface area contributed by atoms with Crippen LogP contribution in [-0.2, 0) is 4.79 Å². The zero-order valence-electron chi connectivity index (χ0n) is 16.6. The van der Waals surface area contributed by atoms with Crippen LogP contribution in [0.1, 0.15) is 12.6 Å². The van der Waals surface area contributed by atoms with Crippen molar-refractivity contribution in [3.8, 4) is 5.75 Å². The summed E-state index contributed by atoms with van der Waals surface area (Å²) in [5.41, 5.74) is 8.27. The highest BCUT2D eigenvalue weighted by molar-refractivity contribution is 8.01. The maximum atomic E-state index is 11.9. The monoisotopic (exact) mass is 422 g/mol. The van der Waals surface area contributed by atoms with Crippen LogP contribution in [0.15, 0.2) is 21.5 Å². The van der Waals surface area contributed by atoms with Crippen molar-refractivity contribution in [1.82, 2.24) is 14.3 Å². The molecule has 1 saturated heterocycles. The van der Waals surface area contributed by atoms with E-state index < -0.39 is 6.04 Å². The number of carbonyl (C=O) groups excluding carboxylic acids is 1. The van der Waals surface area contributed by atoms with Crippen LogP contribution in [0.5, 0.6) is 5.75 Å². The van der Waals surface area contributed by atoms with E-state index in [4.69, 9.17) is 15.5 Å². The SMILES string of the molecule is COc1cc(Sc2sncc2NC(=O)C(C)N)nc(C)c1N1CCN(C)CC1. The topological polar surface area (TPSA) is 96.6 Å². The Balaban J connectivity index is 1.82. The molecule has 2 aromatic rings. The molecule has 3 rings (SSSR count). The van der Waals surface area contributed by atoms with Gasteiger partial charge >= 0.3 is 0 Å². The van der Waals surface area contributed by atoms with Gasteiger partial charge in [0.25, 0.3) is 0 Å². The molecule has 1 aliphatic heterocycles. The first-order chi connectivity index (χ1) is 13.4. The van der Waals surface area contributed by atoms with Gasteiger partial charge < -0.3 is 25.6 Å². The first kappa shape index (κ1) is 20.8. The van der Waals surface area contributed by atoms with E-state index in [9.17, 15) is 4.79 Å². The number of rotatable bonds is 6. The second-order valence-corrected chi connectivity index (χ2v) is 8.88. The highest BCUT2D eigenvalue weighted by Gasteiger charge is 2.22. The lowest BCUT2D eigenvalue weighted by molar-refractivity contribution is -0.117. The summed E-state index contributed by atoms with van der Waals surface area (Å²) < 4.78 is 10.7. The molecule has 1 fully saturated rings. The molecule has 8 nitrogen and oxygen atoms in total. The Morgan fingerprint density at radius 2 is 2.11 bits per heavy atom. The minimum atomic E-state index is -0.582. The number of likely N-dealkylation sites (N-methyl/N-ethyl adjacent to an activating group) is 1. The molecule has 1 aliphatic rings. The van der Waals surface area contributed by atoms with Gasteiger partial charge in [0.2, 0.25) is 5.91 Å². The molecule has 0 saturated carbocycles. The fourth-order valence-corrected chi connectivity index (χ4v) is 4.70. The molecule has 3 heterocycles. The molecule has 0 bridgehead atoms. The highest BCUT2D eigenvalue weighted by atomic mass is 32.2. The van der Waals surface area contributed by atoms with E-state index >= 15 is 0 Å². The molecule has 152 valence electrons. The molecule has 1 unspecified atom stereocenters. The third-order valence-electron chi connectivity index (χ3n) is 4.55. The quantitative estimate of drug-likeness (QED) is 0.730. The molecule has 2 aromatic heterocycles. The fourth-order valence-electron chi connectivity index (χ4n) is 2.96. The molecule has 0 radical (unpaired) electrons. The van der Waals surface area contributed by atoms with Gasteiger partial charge in [0.1, 0.15) is 20.7 Å². The second-order valence-electron chi connectivity index (χ2n) is 6.79. The minimum absolute atomic E-state index is 0.241. The predicted octanol–water partition coefficient (Wildman–Crippen LogP) is 2.04. The molecule has 3 N–H and O–H groups in total. The van der Waals surface area contributed by atoms with Gasteiger partial charge in [-0.1, -0.05) is 11.8 Å². The second kappa shape index (κ2) is 9.08. The van der Waals surface area contributed by atoms with E-state index in [0.29, 0.717) is 5.69 Å². The summed E-state index contributed by atoms with van der Waals surface area (Å²) in [4.78, 5) is 21.3. The maximum absolute atomic E-state index is 11.9. The molecule has 1 atom stereocenters. The number of hydrogen-bond donors (Lipinski definition) is 2. The van der Waals surface area contributed by atoms with Gasteiger partial charge in [-0.25, -0.2) is 4.98 Å². The summed E-state index contributed by atoms with van der Waals surface area (Å²) in [6.07, 6.45) is 1.63. The fraction of sp³-hybridized carbons (Fsp3) is 0.500. The summed E-state index contributed by atoms with van der Waals surface area (Å²) in [5, 5.41) is 3.61. The van der Waals surface area contributed by atoms with Gasteiger partial charge in [-0.3, -0.25) is 4.79 Å². The van der Waals surface area contributed by atoms with Crippen LogP contribution in [-0.4, -0.2) is 66.5 Å². The number of amides is 1. The lowest BCUT2D eigenvalue weighted by Crippen LogP contribution is -2.45. The Morgan fingerprint density at radius 3 is 2.75 bits per heavy atom. The van der Waals surface area contributed by atoms with Crippen molar-refractivity contribution in [2.24, 2.45) is 5.73 Å². The van der Waals surface area contributed by atoms with Gasteiger partial charge in [-0.2, -0.15) is 4.37 Å². The number of hydrogen-bond acceptors (Lipinski definition) is 9. The number of nitrogens with zero attached hydrogens (tertiary/aromatic N) is 4. The minimum Gasteiger partial charge on any atom is -0.494 e. The third-order valence-corrected chi connectivity index (χ3v) is 6.45. The van der Waals surface area contributed by atoms with Gasteiger partial charge in [0, 0.05) is 32.2 Å². The van der Waals surface area contributed by atoms with Gasteiger partial charge in [0.15, 0.2) is 0 Å². The molecule has 1 amide bonds. The Bertz CT molecular complexity index is 833. The number of ether oxygens (including phenoxy) is 1. The Morgan fingerprint density at radius 1 is 1.39 bits per heavy atom. The molecule has 0 spiro atoms. The van der Waals surface area contributed by atoms with Crippen LogP contribution in [0.2, 0.25) is 0 Å². The number of carbonyl (C=O) groups is 1. The van der Waals surface area contributed by atoms with Crippen molar-refractivity contribution in [2.45, 2.75) is 29.1 Å². The largest absolute Gasteiger partial charge is 0.494 e. The maximum Gasteiger partial charge on any atom is 0.241 e. The number of pyridine rings is 1. The van der Waals surface area contributed by atoms with Gasteiger partial charge in [-0.05, 0) is 32.4 Å². The smallest absolute Gasteiger partial charge is 0.241 e. The van der Waals surface area contributed by atoms with Crippen molar-refractivity contribution in [1.29, 1.82) is 0 Å². The van der Waals surface area contributed by atoms with Crippen molar-refractivity contribution < 1.29 is 9.53 Å². The number of piperazine rings is 1. The standard InChI is InChI=1S/C18H26N6O2S2/c1-11(19)17(25)22-13-10-20-28-18(13)27-15-9-14(26-4)16(12(2)21-15)24-7-5-23(3)6-8-24/h9-11H,5-8,19H2,1-4H3,(H,22,25).